The van der Waals surface area contributed by atoms with Gasteiger partial charge in [-0.05, 0) is 38.8 Å². The number of urea groups is 1. The van der Waals surface area contributed by atoms with Crippen molar-refractivity contribution in [1.82, 2.24) is 15.2 Å². The molecule has 29 heavy (non-hydrogen) atoms. The number of aromatic amines is 1. The predicted molar refractivity (Wildman–Crippen MR) is 105 cm³/mol. The molecule has 0 bridgehead atoms. The summed E-state index contributed by atoms with van der Waals surface area (Å²) in [6.45, 7) is 6.38. The molecule has 0 unspecified atom stereocenters. The molecule has 8 nitrogen and oxygen atoms in total. The summed E-state index contributed by atoms with van der Waals surface area (Å²) in [4.78, 5) is 54.2. The highest BCUT2D eigenvalue weighted by Gasteiger charge is 2.49. The SMILES string of the molecule is CCOC(=O)c1c(C)[nH]c(C(=O)CN2C(=O)N[C@@](C)(c3ccccc3)C2=O)c1C. The summed E-state index contributed by atoms with van der Waals surface area (Å²) in [5.74, 6) is -1.50. The van der Waals surface area contributed by atoms with Crippen LogP contribution in [0, 0.1) is 13.8 Å². The first-order valence-electron chi connectivity index (χ1n) is 9.29. The van der Waals surface area contributed by atoms with Gasteiger partial charge in [-0.15, -0.1) is 0 Å². The average molecular weight is 397 g/mol. The predicted octanol–water partition coefficient (Wildman–Crippen LogP) is 2.46. The van der Waals surface area contributed by atoms with Crippen molar-refractivity contribution in [2.24, 2.45) is 0 Å². The number of hydrogen-bond donors (Lipinski definition) is 2. The minimum absolute atomic E-state index is 0.180. The largest absolute Gasteiger partial charge is 0.462 e. The van der Waals surface area contributed by atoms with Crippen molar-refractivity contribution in [1.29, 1.82) is 0 Å². The summed E-state index contributed by atoms with van der Waals surface area (Å²) in [6, 6.07) is 8.21. The Labute approximate surface area is 168 Å². The fraction of sp³-hybridized carbons (Fsp3) is 0.333. The van der Waals surface area contributed by atoms with Crippen molar-refractivity contribution in [2.75, 3.05) is 13.2 Å². The third-order valence-electron chi connectivity index (χ3n) is 5.12. The number of ketones is 1. The molecule has 3 rings (SSSR count). The lowest BCUT2D eigenvalue weighted by Gasteiger charge is -2.22. The monoisotopic (exact) mass is 397 g/mol. The molecule has 3 amide bonds. The number of hydrogen-bond acceptors (Lipinski definition) is 5. The first-order valence-corrected chi connectivity index (χ1v) is 9.29. The van der Waals surface area contributed by atoms with Crippen LogP contribution in [0.15, 0.2) is 30.3 Å². The number of ether oxygens (including phenoxy) is 1. The minimum Gasteiger partial charge on any atom is -0.462 e. The lowest BCUT2D eigenvalue weighted by atomic mass is 9.92. The molecule has 2 aromatic rings. The number of amides is 3. The van der Waals surface area contributed by atoms with E-state index in [0.717, 1.165) is 4.90 Å². The zero-order valence-electron chi connectivity index (χ0n) is 16.8. The van der Waals surface area contributed by atoms with E-state index in [1.54, 1.807) is 52.0 Å². The second kappa shape index (κ2) is 7.54. The van der Waals surface area contributed by atoms with Gasteiger partial charge < -0.3 is 15.0 Å². The van der Waals surface area contributed by atoms with Crippen LogP contribution in [0.4, 0.5) is 4.79 Å². The first-order chi connectivity index (χ1) is 13.7. The number of carbonyl (C=O) groups excluding carboxylic acids is 4. The van der Waals surface area contributed by atoms with Gasteiger partial charge in [0.05, 0.1) is 24.4 Å². The molecule has 1 fully saturated rings. The normalized spacial score (nSPS) is 18.7. The summed E-state index contributed by atoms with van der Waals surface area (Å²) in [5, 5.41) is 2.67. The Kier molecular flexibility index (Phi) is 5.28. The number of nitrogens with one attached hydrogen (secondary N) is 2. The molecule has 0 aliphatic carbocycles. The van der Waals surface area contributed by atoms with Gasteiger partial charge in [-0.25, -0.2) is 9.59 Å². The van der Waals surface area contributed by atoms with E-state index >= 15 is 0 Å². The molecule has 2 N–H and O–H groups in total. The zero-order valence-corrected chi connectivity index (χ0v) is 16.8. The molecule has 1 atom stereocenters. The van der Waals surface area contributed by atoms with Gasteiger partial charge in [0.15, 0.2) is 5.78 Å². The number of benzene rings is 1. The molecule has 0 saturated carbocycles. The summed E-state index contributed by atoms with van der Waals surface area (Å²) in [7, 11) is 0. The van der Waals surface area contributed by atoms with E-state index in [1.165, 1.54) is 0 Å². The Bertz CT molecular complexity index is 995. The molecule has 2 heterocycles. The number of aromatic nitrogens is 1. The van der Waals surface area contributed by atoms with Crippen molar-refractivity contribution in [3.63, 3.8) is 0 Å². The number of Topliss-reactive ketones (excluding diaryl/α,β-unsaturated/α-hetero) is 1. The van der Waals surface area contributed by atoms with Gasteiger partial charge in [0, 0.05) is 5.69 Å². The molecular weight excluding hydrogens is 374 g/mol. The van der Waals surface area contributed by atoms with Crippen LogP contribution in [0.5, 0.6) is 0 Å². The van der Waals surface area contributed by atoms with Crippen LogP contribution in [0.1, 0.15) is 51.5 Å². The van der Waals surface area contributed by atoms with Gasteiger partial charge in [0.1, 0.15) is 5.54 Å². The third kappa shape index (κ3) is 3.41. The van der Waals surface area contributed by atoms with E-state index in [9.17, 15) is 19.2 Å². The van der Waals surface area contributed by atoms with Gasteiger partial charge in [0.2, 0.25) is 0 Å². The van der Waals surface area contributed by atoms with Crippen LogP contribution < -0.4 is 5.32 Å². The van der Waals surface area contributed by atoms with E-state index in [2.05, 4.69) is 10.3 Å². The number of imide groups is 1. The highest BCUT2D eigenvalue weighted by atomic mass is 16.5. The van der Waals surface area contributed by atoms with Crippen molar-refractivity contribution in [2.45, 2.75) is 33.2 Å². The number of aryl methyl sites for hydroxylation is 1. The minimum atomic E-state index is -1.24. The zero-order chi connectivity index (χ0) is 21.3. The highest BCUT2D eigenvalue weighted by molar-refractivity contribution is 6.11. The molecule has 0 radical (unpaired) electrons. The lowest BCUT2D eigenvalue weighted by molar-refractivity contribution is -0.130. The maximum absolute atomic E-state index is 13.0. The fourth-order valence-corrected chi connectivity index (χ4v) is 3.57. The molecule has 1 aliphatic rings. The number of H-pyrrole nitrogens is 1. The van der Waals surface area contributed by atoms with Gasteiger partial charge in [-0.2, -0.15) is 0 Å². The number of esters is 1. The quantitative estimate of drug-likeness (QED) is 0.442. The second-order valence-corrected chi connectivity index (χ2v) is 7.08. The molecule has 1 aliphatic heterocycles. The summed E-state index contributed by atoms with van der Waals surface area (Å²) in [5.41, 5.74) is 0.792. The van der Waals surface area contributed by atoms with E-state index < -0.39 is 35.8 Å². The Morgan fingerprint density at radius 2 is 1.79 bits per heavy atom. The Morgan fingerprint density at radius 3 is 2.41 bits per heavy atom. The summed E-state index contributed by atoms with van der Waals surface area (Å²) in [6.07, 6.45) is 0. The smallest absolute Gasteiger partial charge is 0.340 e. The van der Waals surface area contributed by atoms with Crippen LogP contribution in [0.2, 0.25) is 0 Å². The van der Waals surface area contributed by atoms with Crippen molar-refractivity contribution in [3.05, 3.63) is 58.4 Å². The van der Waals surface area contributed by atoms with Gasteiger partial charge in [0.25, 0.3) is 5.91 Å². The summed E-state index contributed by atoms with van der Waals surface area (Å²) >= 11 is 0. The number of carbonyl (C=O) groups is 4. The second-order valence-electron chi connectivity index (χ2n) is 7.08. The maximum Gasteiger partial charge on any atom is 0.340 e. The van der Waals surface area contributed by atoms with Crippen molar-refractivity contribution >= 4 is 23.7 Å². The van der Waals surface area contributed by atoms with Gasteiger partial charge >= 0.3 is 12.0 Å². The Hall–Kier alpha value is -3.42. The topological polar surface area (TPSA) is 109 Å². The molecule has 1 saturated heterocycles. The van der Waals surface area contributed by atoms with E-state index in [1.807, 2.05) is 6.07 Å². The highest BCUT2D eigenvalue weighted by Crippen LogP contribution is 2.29. The molecule has 0 spiro atoms. The van der Waals surface area contributed by atoms with E-state index in [0.29, 0.717) is 22.4 Å². The van der Waals surface area contributed by atoms with Crippen LogP contribution in [0.25, 0.3) is 0 Å². The molecule has 152 valence electrons. The molecular formula is C21H23N3O5. The molecule has 1 aromatic heterocycles. The Morgan fingerprint density at radius 1 is 1.14 bits per heavy atom. The lowest BCUT2D eigenvalue weighted by Crippen LogP contribution is -2.41. The average Bonchev–Trinajstić information content (AvgIpc) is 3.10. The maximum atomic E-state index is 13.0. The fourth-order valence-electron chi connectivity index (χ4n) is 3.57. The Balaban J connectivity index is 1.85. The van der Waals surface area contributed by atoms with Crippen LogP contribution in [0.3, 0.4) is 0 Å². The first kappa shape index (κ1) is 20.3. The van der Waals surface area contributed by atoms with Gasteiger partial charge in [-0.1, -0.05) is 30.3 Å². The van der Waals surface area contributed by atoms with Crippen LogP contribution in [-0.2, 0) is 15.1 Å². The van der Waals surface area contributed by atoms with Crippen LogP contribution >= 0.6 is 0 Å². The standard InChI is InChI=1S/C21H23N3O5/c1-5-29-18(26)16-12(2)17(22-13(16)3)15(25)11-24-19(27)21(4,23-20(24)28)14-9-7-6-8-10-14/h6-10,22H,5,11H2,1-4H3,(H,23,28)/t21-/m0/s1. The van der Waals surface area contributed by atoms with Crippen LogP contribution in [-0.4, -0.2) is 46.7 Å². The molecule has 8 heteroatoms. The van der Waals surface area contributed by atoms with E-state index in [-0.39, 0.29) is 12.3 Å². The van der Waals surface area contributed by atoms with Crippen molar-refractivity contribution in [3.8, 4) is 0 Å². The number of nitrogens with zero attached hydrogens (tertiary/aromatic N) is 1. The summed E-state index contributed by atoms with van der Waals surface area (Å²) < 4.78 is 5.03. The number of rotatable bonds is 6. The van der Waals surface area contributed by atoms with E-state index in [4.69, 9.17) is 4.74 Å². The van der Waals surface area contributed by atoms with Gasteiger partial charge in [-0.3, -0.25) is 14.5 Å². The third-order valence-corrected chi connectivity index (χ3v) is 5.12. The molecule has 1 aromatic carbocycles. The van der Waals surface area contributed by atoms with Crippen molar-refractivity contribution < 1.29 is 23.9 Å².